The minimum absolute atomic E-state index is 0.876. The van der Waals surface area contributed by atoms with Crippen molar-refractivity contribution >= 4 is 37.4 Å². The van der Waals surface area contributed by atoms with E-state index >= 15 is 0 Å². The Labute approximate surface area is 95.8 Å². The first-order valence-electron chi connectivity index (χ1n) is 4.37. The minimum Gasteiger partial charge on any atom is -0.497 e. The summed E-state index contributed by atoms with van der Waals surface area (Å²) in [6.45, 7) is 2.13. The highest BCUT2D eigenvalue weighted by atomic mass is 79.9. The fourth-order valence-electron chi connectivity index (χ4n) is 1.54. The Morgan fingerprint density at radius 3 is 2.79 bits per heavy atom. The van der Waals surface area contributed by atoms with E-state index in [9.17, 15) is 0 Å². The number of hydrogen-bond donors (Lipinski definition) is 0. The molecule has 2 rings (SSSR count). The monoisotopic (exact) mass is 270 g/mol. The van der Waals surface area contributed by atoms with Crippen molar-refractivity contribution < 1.29 is 4.74 Å². The number of rotatable bonds is 2. The molecular weight excluding hydrogens is 260 g/mol. The van der Waals surface area contributed by atoms with Crippen LogP contribution in [-0.4, -0.2) is 7.11 Å². The summed E-state index contributed by atoms with van der Waals surface area (Å²) in [5, 5.41) is 2.15. The van der Waals surface area contributed by atoms with Gasteiger partial charge in [0.05, 0.1) is 7.11 Å². The molecule has 74 valence electrons. The van der Waals surface area contributed by atoms with E-state index in [-0.39, 0.29) is 0 Å². The molecule has 0 saturated heterocycles. The maximum atomic E-state index is 5.26. The Morgan fingerprint density at radius 1 is 1.36 bits per heavy atom. The number of aryl methyl sites for hydroxylation is 1. The van der Waals surface area contributed by atoms with E-state index in [2.05, 4.69) is 41.1 Å². The fraction of sp³-hybridized carbons (Fsp3) is 0.273. The average molecular weight is 271 g/mol. The van der Waals surface area contributed by atoms with E-state index in [1.54, 1.807) is 7.11 Å². The molecule has 1 aromatic carbocycles. The number of hydrogen-bond acceptors (Lipinski definition) is 2. The van der Waals surface area contributed by atoms with Crippen LogP contribution in [0.15, 0.2) is 18.2 Å². The second-order valence-electron chi connectivity index (χ2n) is 3.20. The van der Waals surface area contributed by atoms with Gasteiger partial charge in [0.15, 0.2) is 0 Å². The highest BCUT2D eigenvalue weighted by Gasteiger charge is 2.06. The normalized spacial score (nSPS) is 10.8. The topological polar surface area (TPSA) is 9.23 Å². The second kappa shape index (κ2) is 3.91. The summed E-state index contributed by atoms with van der Waals surface area (Å²) in [6, 6.07) is 6.38. The molecule has 3 heteroatoms. The predicted octanol–water partition coefficient (Wildman–Crippen LogP) is 4.11. The van der Waals surface area contributed by atoms with Gasteiger partial charge in [-0.1, -0.05) is 15.9 Å². The third-order valence-electron chi connectivity index (χ3n) is 2.17. The molecule has 1 nitrogen and oxygen atoms in total. The summed E-state index contributed by atoms with van der Waals surface area (Å²) in [7, 11) is 1.71. The molecule has 0 aliphatic rings. The molecule has 0 aliphatic carbocycles. The molecular formula is C11H11BrOS. The van der Waals surface area contributed by atoms with E-state index < -0.39 is 0 Å². The quantitative estimate of drug-likeness (QED) is 0.747. The maximum Gasteiger partial charge on any atom is 0.119 e. The fourth-order valence-corrected chi connectivity index (χ4v) is 3.17. The third-order valence-corrected chi connectivity index (χ3v) is 3.92. The zero-order chi connectivity index (χ0) is 10.1. The molecule has 0 N–H and O–H groups in total. The highest BCUT2D eigenvalue weighted by molar-refractivity contribution is 9.08. The van der Waals surface area contributed by atoms with Crippen LogP contribution in [0, 0.1) is 6.92 Å². The molecule has 0 saturated carbocycles. The van der Waals surface area contributed by atoms with Gasteiger partial charge in [0.1, 0.15) is 5.75 Å². The lowest BCUT2D eigenvalue weighted by Crippen LogP contribution is -1.84. The summed E-state index contributed by atoms with van der Waals surface area (Å²) < 4.78 is 6.62. The van der Waals surface area contributed by atoms with Gasteiger partial charge in [0.2, 0.25) is 0 Å². The first-order chi connectivity index (χ1) is 6.74. The maximum absolute atomic E-state index is 5.26. The molecule has 0 aliphatic heterocycles. The van der Waals surface area contributed by atoms with Gasteiger partial charge < -0.3 is 4.74 Å². The van der Waals surface area contributed by atoms with Gasteiger partial charge in [0, 0.05) is 14.9 Å². The Kier molecular flexibility index (Phi) is 2.79. The zero-order valence-corrected chi connectivity index (χ0v) is 10.5. The standard InChI is InChI=1S/C11H11BrOS/c1-7-3-8-4-10(13-2)5-9(6-12)11(8)14-7/h3-5H,6H2,1-2H3. The average Bonchev–Trinajstić information content (AvgIpc) is 2.56. The first kappa shape index (κ1) is 9.99. The van der Waals surface area contributed by atoms with Gasteiger partial charge in [-0.3, -0.25) is 0 Å². The van der Waals surface area contributed by atoms with E-state index in [1.807, 2.05) is 11.3 Å². The van der Waals surface area contributed by atoms with Crippen LogP contribution in [0.2, 0.25) is 0 Å². The Bertz CT molecular complexity index is 462. The van der Waals surface area contributed by atoms with Gasteiger partial charge in [-0.15, -0.1) is 11.3 Å². The summed E-state index contributed by atoms with van der Waals surface area (Å²) in [4.78, 5) is 1.34. The molecule has 1 heterocycles. The first-order valence-corrected chi connectivity index (χ1v) is 6.31. The summed E-state index contributed by atoms with van der Waals surface area (Å²) in [5.74, 6) is 0.935. The summed E-state index contributed by atoms with van der Waals surface area (Å²) in [5.41, 5.74) is 1.30. The second-order valence-corrected chi connectivity index (χ2v) is 5.01. The van der Waals surface area contributed by atoms with Crippen LogP contribution in [0.5, 0.6) is 5.75 Å². The third kappa shape index (κ3) is 1.66. The van der Waals surface area contributed by atoms with Crippen molar-refractivity contribution in [2.75, 3.05) is 7.11 Å². The molecule has 0 spiro atoms. The summed E-state index contributed by atoms with van der Waals surface area (Å²) in [6.07, 6.45) is 0. The van der Waals surface area contributed by atoms with Crippen LogP contribution < -0.4 is 4.74 Å². The van der Waals surface area contributed by atoms with Crippen molar-refractivity contribution in [3.8, 4) is 5.75 Å². The lowest BCUT2D eigenvalue weighted by Gasteiger charge is -2.03. The number of ether oxygens (including phenoxy) is 1. The number of fused-ring (bicyclic) bond motifs is 1. The van der Waals surface area contributed by atoms with Crippen molar-refractivity contribution in [2.24, 2.45) is 0 Å². The van der Waals surface area contributed by atoms with Crippen LogP contribution in [0.25, 0.3) is 10.1 Å². The Balaban J connectivity index is 2.72. The van der Waals surface area contributed by atoms with Gasteiger partial charge in [0.25, 0.3) is 0 Å². The smallest absolute Gasteiger partial charge is 0.119 e. The van der Waals surface area contributed by atoms with Gasteiger partial charge in [-0.2, -0.15) is 0 Å². The molecule has 0 amide bonds. The molecule has 0 fully saturated rings. The van der Waals surface area contributed by atoms with Crippen molar-refractivity contribution in [1.29, 1.82) is 0 Å². The predicted molar refractivity (Wildman–Crippen MR) is 65.7 cm³/mol. The molecule has 0 atom stereocenters. The molecule has 1 aromatic heterocycles. The largest absolute Gasteiger partial charge is 0.497 e. The number of methoxy groups -OCH3 is 1. The number of thiophene rings is 1. The molecule has 14 heavy (non-hydrogen) atoms. The van der Waals surface area contributed by atoms with E-state index in [4.69, 9.17) is 4.74 Å². The molecule has 0 bridgehead atoms. The van der Waals surface area contributed by atoms with E-state index in [1.165, 1.54) is 20.5 Å². The van der Waals surface area contributed by atoms with Crippen molar-refractivity contribution in [2.45, 2.75) is 12.3 Å². The number of alkyl halides is 1. The molecule has 0 radical (unpaired) electrons. The molecule has 2 aromatic rings. The van der Waals surface area contributed by atoms with Crippen LogP contribution in [0.4, 0.5) is 0 Å². The highest BCUT2D eigenvalue weighted by Crippen LogP contribution is 2.33. The van der Waals surface area contributed by atoms with Crippen molar-refractivity contribution in [3.05, 3.63) is 28.6 Å². The lowest BCUT2D eigenvalue weighted by molar-refractivity contribution is 0.415. The van der Waals surface area contributed by atoms with E-state index in [0.29, 0.717) is 0 Å². The molecule has 0 unspecified atom stereocenters. The van der Waals surface area contributed by atoms with Crippen LogP contribution >= 0.6 is 27.3 Å². The zero-order valence-electron chi connectivity index (χ0n) is 8.13. The number of halogens is 1. The van der Waals surface area contributed by atoms with Crippen molar-refractivity contribution in [3.63, 3.8) is 0 Å². The van der Waals surface area contributed by atoms with Crippen LogP contribution in [0.3, 0.4) is 0 Å². The number of benzene rings is 1. The Hall–Kier alpha value is -0.540. The Morgan fingerprint density at radius 2 is 2.14 bits per heavy atom. The van der Waals surface area contributed by atoms with Gasteiger partial charge >= 0.3 is 0 Å². The SMILES string of the molecule is COc1cc(CBr)c2sc(C)cc2c1. The van der Waals surface area contributed by atoms with E-state index in [0.717, 1.165) is 11.1 Å². The lowest BCUT2D eigenvalue weighted by atomic mass is 10.2. The van der Waals surface area contributed by atoms with Gasteiger partial charge in [-0.25, -0.2) is 0 Å². The van der Waals surface area contributed by atoms with Crippen LogP contribution in [0.1, 0.15) is 10.4 Å². The van der Waals surface area contributed by atoms with Crippen LogP contribution in [-0.2, 0) is 5.33 Å². The van der Waals surface area contributed by atoms with Gasteiger partial charge in [-0.05, 0) is 36.1 Å². The minimum atomic E-state index is 0.876. The summed E-state index contributed by atoms with van der Waals surface area (Å²) >= 11 is 5.34. The van der Waals surface area contributed by atoms with Crippen molar-refractivity contribution in [1.82, 2.24) is 0 Å².